The summed E-state index contributed by atoms with van der Waals surface area (Å²) >= 11 is 0. The second-order valence-electron chi connectivity index (χ2n) is 4.70. The fraction of sp³-hybridized carbons (Fsp3) is 0.250. The highest BCUT2D eigenvalue weighted by molar-refractivity contribution is 5.58. The number of nitro benzene ring substituents is 1. The van der Waals surface area contributed by atoms with Crippen molar-refractivity contribution in [3.8, 4) is 11.5 Å². The van der Waals surface area contributed by atoms with Crippen molar-refractivity contribution in [2.24, 2.45) is 0 Å². The molecule has 0 atom stereocenters. The zero-order chi connectivity index (χ0) is 16.8. The summed E-state index contributed by atoms with van der Waals surface area (Å²) in [6.07, 6.45) is 0. The molecule has 0 heterocycles. The average Bonchev–Trinajstić information content (AvgIpc) is 2.53. The van der Waals surface area contributed by atoms with E-state index < -0.39 is 10.7 Å². The summed E-state index contributed by atoms with van der Waals surface area (Å²) in [6.45, 7) is 2.45. The van der Waals surface area contributed by atoms with Crippen molar-refractivity contribution >= 4 is 11.4 Å². The zero-order valence-corrected chi connectivity index (χ0v) is 12.8. The molecule has 0 saturated heterocycles. The van der Waals surface area contributed by atoms with Gasteiger partial charge in [-0.1, -0.05) is 6.07 Å². The first-order valence-electron chi connectivity index (χ1n) is 7.02. The van der Waals surface area contributed by atoms with Crippen molar-refractivity contribution in [2.45, 2.75) is 13.5 Å². The fourth-order valence-corrected chi connectivity index (χ4v) is 2.07. The van der Waals surface area contributed by atoms with Gasteiger partial charge in [-0.15, -0.1) is 0 Å². The van der Waals surface area contributed by atoms with Crippen LogP contribution in [0.5, 0.6) is 11.5 Å². The van der Waals surface area contributed by atoms with E-state index in [0.717, 1.165) is 5.56 Å². The predicted molar refractivity (Wildman–Crippen MR) is 84.5 cm³/mol. The Morgan fingerprint density at radius 1 is 1.22 bits per heavy atom. The van der Waals surface area contributed by atoms with Crippen molar-refractivity contribution in [1.82, 2.24) is 0 Å². The molecule has 0 bridgehead atoms. The summed E-state index contributed by atoms with van der Waals surface area (Å²) < 4.78 is 23.8. The topological polar surface area (TPSA) is 73.6 Å². The number of nitrogens with zero attached hydrogens (tertiary/aromatic N) is 1. The van der Waals surface area contributed by atoms with Crippen LogP contribution in [0.1, 0.15) is 12.5 Å². The molecule has 23 heavy (non-hydrogen) atoms. The summed E-state index contributed by atoms with van der Waals surface area (Å²) in [4.78, 5) is 10.4. The molecule has 2 aromatic carbocycles. The molecular weight excluding hydrogens is 303 g/mol. The van der Waals surface area contributed by atoms with E-state index in [2.05, 4.69) is 5.32 Å². The average molecular weight is 320 g/mol. The van der Waals surface area contributed by atoms with Crippen molar-refractivity contribution in [3.05, 3.63) is 57.9 Å². The van der Waals surface area contributed by atoms with E-state index in [9.17, 15) is 14.5 Å². The molecule has 0 aromatic heterocycles. The zero-order valence-electron chi connectivity index (χ0n) is 12.8. The number of ether oxygens (including phenoxy) is 2. The fourth-order valence-electron chi connectivity index (χ4n) is 2.07. The second kappa shape index (κ2) is 7.44. The summed E-state index contributed by atoms with van der Waals surface area (Å²) in [6, 6.07) is 9.18. The van der Waals surface area contributed by atoms with Crippen molar-refractivity contribution < 1.29 is 18.8 Å². The summed E-state index contributed by atoms with van der Waals surface area (Å²) in [5.74, 6) is -0.0587. The van der Waals surface area contributed by atoms with E-state index >= 15 is 0 Å². The van der Waals surface area contributed by atoms with Crippen LogP contribution in [0.4, 0.5) is 15.8 Å². The maximum Gasteiger partial charge on any atom is 0.311 e. The molecule has 0 spiro atoms. The van der Waals surface area contributed by atoms with Crippen LogP contribution in [0.25, 0.3) is 0 Å². The van der Waals surface area contributed by atoms with Crippen LogP contribution in [-0.2, 0) is 6.54 Å². The maximum atomic E-state index is 13.6. The maximum absolute atomic E-state index is 13.6. The van der Waals surface area contributed by atoms with E-state index in [1.807, 2.05) is 0 Å². The Labute approximate surface area is 133 Å². The number of benzene rings is 2. The second-order valence-corrected chi connectivity index (χ2v) is 4.70. The number of rotatable bonds is 7. The van der Waals surface area contributed by atoms with Crippen LogP contribution in [0.2, 0.25) is 0 Å². The Balaban J connectivity index is 2.12. The highest BCUT2D eigenvalue weighted by Gasteiger charge is 2.15. The van der Waals surface area contributed by atoms with Crippen LogP contribution in [0, 0.1) is 15.9 Å². The van der Waals surface area contributed by atoms with Gasteiger partial charge in [0.2, 0.25) is 0 Å². The number of nitro groups is 1. The smallest absolute Gasteiger partial charge is 0.311 e. The van der Waals surface area contributed by atoms with E-state index in [0.29, 0.717) is 18.8 Å². The molecule has 0 radical (unpaired) electrons. The molecule has 1 N–H and O–H groups in total. The third-order valence-corrected chi connectivity index (χ3v) is 3.17. The van der Waals surface area contributed by atoms with Gasteiger partial charge in [0.15, 0.2) is 17.3 Å². The number of hydrogen-bond acceptors (Lipinski definition) is 5. The lowest BCUT2D eigenvalue weighted by molar-refractivity contribution is -0.385. The first kappa shape index (κ1) is 16.5. The summed E-state index contributed by atoms with van der Waals surface area (Å²) in [5, 5.41) is 14.0. The Hall–Kier alpha value is -2.83. The molecule has 0 unspecified atom stereocenters. The Morgan fingerprint density at radius 2 is 2.00 bits per heavy atom. The van der Waals surface area contributed by atoms with Gasteiger partial charge in [0.25, 0.3) is 0 Å². The molecular formula is C16H17FN2O4. The van der Waals surface area contributed by atoms with Crippen LogP contribution >= 0.6 is 0 Å². The molecule has 2 aromatic rings. The Kier molecular flexibility index (Phi) is 5.35. The van der Waals surface area contributed by atoms with Crippen molar-refractivity contribution in [1.29, 1.82) is 0 Å². The highest BCUT2D eigenvalue weighted by Crippen LogP contribution is 2.30. The molecule has 2 rings (SSSR count). The Morgan fingerprint density at radius 3 is 2.61 bits per heavy atom. The van der Waals surface area contributed by atoms with E-state index in [4.69, 9.17) is 9.47 Å². The quantitative estimate of drug-likeness (QED) is 0.621. The molecule has 0 saturated carbocycles. The van der Waals surface area contributed by atoms with Crippen LogP contribution in [0.15, 0.2) is 36.4 Å². The molecule has 0 amide bonds. The van der Waals surface area contributed by atoms with Crippen molar-refractivity contribution in [3.63, 3.8) is 0 Å². The van der Waals surface area contributed by atoms with Gasteiger partial charge in [-0.2, -0.15) is 0 Å². The Bertz CT molecular complexity index is 706. The van der Waals surface area contributed by atoms with Gasteiger partial charge in [-0.05, 0) is 30.7 Å². The molecule has 0 aliphatic heterocycles. The molecule has 0 aliphatic rings. The molecule has 0 aliphatic carbocycles. The van der Waals surface area contributed by atoms with Gasteiger partial charge < -0.3 is 14.8 Å². The minimum Gasteiger partial charge on any atom is -0.494 e. The molecule has 7 heteroatoms. The van der Waals surface area contributed by atoms with Gasteiger partial charge in [0.05, 0.1) is 18.6 Å². The molecule has 6 nitrogen and oxygen atoms in total. The third-order valence-electron chi connectivity index (χ3n) is 3.17. The van der Waals surface area contributed by atoms with E-state index in [-0.39, 0.29) is 17.2 Å². The number of halogens is 1. The van der Waals surface area contributed by atoms with Gasteiger partial charge in [0, 0.05) is 24.4 Å². The minimum atomic E-state index is -0.492. The summed E-state index contributed by atoms with van der Waals surface area (Å²) in [5.41, 5.74) is 1.28. The van der Waals surface area contributed by atoms with Gasteiger partial charge in [-0.25, -0.2) is 4.39 Å². The molecule has 122 valence electrons. The minimum absolute atomic E-state index is 0.0899. The number of methoxy groups -OCH3 is 1. The monoisotopic (exact) mass is 320 g/mol. The SMILES string of the molecule is CCOc1cc(NCc2ccc(OC)c(F)c2)ccc1[N+](=O)[O-]. The number of anilines is 1. The first-order valence-corrected chi connectivity index (χ1v) is 7.02. The van der Waals surface area contributed by atoms with Gasteiger partial charge in [0.1, 0.15) is 0 Å². The number of hydrogen-bond donors (Lipinski definition) is 1. The van der Waals surface area contributed by atoms with E-state index in [1.54, 1.807) is 31.2 Å². The standard InChI is InChI=1S/C16H17FN2O4/c1-3-23-16-9-12(5-6-14(16)19(20)21)18-10-11-4-7-15(22-2)13(17)8-11/h4-9,18H,3,10H2,1-2H3. The van der Waals surface area contributed by atoms with Crippen LogP contribution in [0.3, 0.4) is 0 Å². The molecule has 0 fully saturated rings. The van der Waals surface area contributed by atoms with Gasteiger partial charge >= 0.3 is 5.69 Å². The van der Waals surface area contributed by atoms with Crippen molar-refractivity contribution in [2.75, 3.05) is 19.0 Å². The lowest BCUT2D eigenvalue weighted by atomic mass is 10.2. The van der Waals surface area contributed by atoms with Crippen LogP contribution in [-0.4, -0.2) is 18.6 Å². The van der Waals surface area contributed by atoms with Gasteiger partial charge in [-0.3, -0.25) is 10.1 Å². The van der Waals surface area contributed by atoms with E-state index in [1.165, 1.54) is 19.2 Å². The first-order chi connectivity index (χ1) is 11.0. The summed E-state index contributed by atoms with van der Waals surface area (Å²) in [7, 11) is 1.41. The predicted octanol–water partition coefficient (Wildman–Crippen LogP) is 3.75. The highest BCUT2D eigenvalue weighted by atomic mass is 19.1. The largest absolute Gasteiger partial charge is 0.494 e. The lowest BCUT2D eigenvalue weighted by Crippen LogP contribution is -2.02. The number of nitrogens with one attached hydrogen (secondary N) is 1. The van der Waals surface area contributed by atoms with Crippen LogP contribution < -0.4 is 14.8 Å². The third kappa shape index (κ3) is 4.09. The normalized spacial score (nSPS) is 10.2. The lowest BCUT2D eigenvalue weighted by Gasteiger charge is -2.10.